The smallest absolute Gasteiger partial charge is 0.237 e. The highest BCUT2D eigenvalue weighted by atomic mass is 16.5. The number of carbonyl (C=O) groups excluding carboxylic acids is 1. The minimum atomic E-state index is -0.513. The summed E-state index contributed by atoms with van der Waals surface area (Å²) < 4.78 is 6.01. The van der Waals surface area contributed by atoms with Crippen molar-refractivity contribution in [1.29, 1.82) is 0 Å². The van der Waals surface area contributed by atoms with Crippen LogP contribution in [0.25, 0.3) is 0 Å². The molecule has 1 aromatic heterocycles. The van der Waals surface area contributed by atoms with Crippen LogP contribution in [-0.4, -0.2) is 59.7 Å². The minimum Gasteiger partial charge on any atom is -0.375 e. The lowest BCUT2D eigenvalue weighted by atomic mass is 10.1. The Balaban J connectivity index is 1.27. The van der Waals surface area contributed by atoms with Gasteiger partial charge >= 0.3 is 0 Å². The van der Waals surface area contributed by atoms with Gasteiger partial charge in [0.1, 0.15) is 0 Å². The Morgan fingerprint density at radius 2 is 2.17 bits per heavy atom. The Morgan fingerprint density at radius 1 is 1.38 bits per heavy atom. The van der Waals surface area contributed by atoms with Gasteiger partial charge in [-0.05, 0) is 49.3 Å². The lowest BCUT2D eigenvalue weighted by molar-refractivity contribution is -0.123. The van der Waals surface area contributed by atoms with Crippen molar-refractivity contribution >= 4 is 5.91 Å². The van der Waals surface area contributed by atoms with Crippen LogP contribution in [0, 0.1) is 5.92 Å². The summed E-state index contributed by atoms with van der Waals surface area (Å²) in [5.74, 6) is 0.713. The maximum atomic E-state index is 12.4. The van der Waals surface area contributed by atoms with Crippen LogP contribution in [0.15, 0.2) is 24.5 Å². The Morgan fingerprint density at radius 3 is 2.92 bits per heavy atom. The number of pyridine rings is 1. The highest BCUT2D eigenvalue weighted by molar-refractivity contribution is 5.82. The number of carbonyl (C=O) groups is 1. The van der Waals surface area contributed by atoms with Crippen LogP contribution in [0.4, 0.5) is 0 Å². The maximum Gasteiger partial charge on any atom is 0.237 e. The SMILES string of the molecule is N[C@H](Cc1ccncc1)C(=O)N[C@H]1C[C@H]2CO[C@H](C3CC3)CN2C1. The average molecular weight is 330 g/mol. The van der Waals surface area contributed by atoms with Crippen LogP contribution in [0.3, 0.4) is 0 Å². The predicted octanol–water partition coefficient (Wildman–Crippen LogP) is 0.319. The van der Waals surface area contributed by atoms with Crippen molar-refractivity contribution in [3.8, 4) is 0 Å². The fourth-order valence-electron chi connectivity index (χ4n) is 3.93. The molecular formula is C18H26N4O2. The fraction of sp³-hybridized carbons (Fsp3) is 0.667. The number of fused-ring (bicyclic) bond motifs is 1. The van der Waals surface area contributed by atoms with E-state index in [9.17, 15) is 4.79 Å². The van der Waals surface area contributed by atoms with Crippen LogP contribution in [-0.2, 0) is 16.0 Å². The van der Waals surface area contributed by atoms with E-state index in [0.29, 0.717) is 18.6 Å². The summed E-state index contributed by atoms with van der Waals surface area (Å²) in [6.45, 7) is 2.74. The quantitative estimate of drug-likeness (QED) is 0.813. The molecule has 4 rings (SSSR count). The third-order valence-electron chi connectivity index (χ3n) is 5.48. The molecule has 3 heterocycles. The molecule has 0 unspecified atom stereocenters. The second-order valence-electron chi connectivity index (χ2n) is 7.42. The molecule has 4 atom stereocenters. The summed E-state index contributed by atoms with van der Waals surface area (Å²) in [7, 11) is 0. The van der Waals surface area contributed by atoms with Gasteiger partial charge in [0.25, 0.3) is 0 Å². The van der Waals surface area contributed by atoms with Crippen LogP contribution >= 0.6 is 0 Å². The number of hydrogen-bond acceptors (Lipinski definition) is 5. The van der Waals surface area contributed by atoms with Crippen molar-refractivity contribution in [3.05, 3.63) is 30.1 Å². The summed E-state index contributed by atoms with van der Waals surface area (Å²) in [6, 6.07) is 3.92. The Bertz CT molecular complexity index is 578. The monoisotopic (exact) mass is 330 g/mol. The molecule has 3 aliphatic rings. The summed E-state index contributed by atoms with van der Waals surface area (Å²) in [5.41, 5.74) is 7.11. The molecule has 1 aliphatic carbocycles. The van der Waals surface area contributed by atoms with Gasteiger partial charge in [0.05, 0.1) is 18.8 Å². The number of rotatable bonds is 5. The van der Waals surface area contributed by atoms with E-state index in [4.69, 9.17) is 10.5 Å². The van der Waals surface area contributed by atoms with E-state index in [2.05, 4.69) is 15.2 Å². The standard InChI is InChI=1S/C18H26N4O2/c19-16(7-12-3-5-20-6-4-12)18(23)21-14-8-15-11-24-17(13-1-2-13)10-22(15)9-14/h3-6,13-17H,1-2,7-11,19H2,(H,21,23)/t14-,15-,16+,17-/m0/s1. The second kappa shape index (κ2) is 6.78. The van der Waals surface area contributed by atoms with Crippen molar-refractivity contribution in [3.63, 3.8) is 0 Å². The van der Waals surface area contributed by atoms with Gasteiger partial charge in [0.15, 0.2) is 0 Å². The molecule has 2 saturated heterocycles. The first-order valence-electron chi connectivity index (χ1n) is 8.99. The largest absolute Gasteiger partial charge is 0.375 e. The number of nitrogens with zero attached hydrogens (tertiary/aromatic N) is 2. The third kappa shape index (κ3) is 3.61. The molecule has 1 saturated carbocycles. The highest BCUT2D eigenvalue weighted by Crippen LogP contribution is 2.37. The normalized spacial score (nSPS) is 31.5. The molecule has 3 fully saturated rings. The number of nitrogens with two attached hydrogens (primary N) is 1. The zero-order valence-corrected chi connectivity index (χ0v) is 13.9. The molecule has 0 aromatic carbocycles. The lowest BCUT2D eigenvalue weighted by Gasteiger charge is -2.35. The molecule has 6 heteroatoms. The Kier molecular flexibility index (Phi) is 4.52. The molecule has 130 valence electrons. The summed E-state index contributed by atoms with van der Waals surface area (Å²) >= 11 is 0. The van der Waals surface area contributed by atoms with E-state index in [1.807, 2.05) is 12.1 Å². The molecule has 1 aromatic rings. The summed E-state index contributed by atoms with van der Waals surface area (Å²) in [6.07, 6.45) is 7.99. The second-order valence-corrected chi connectivity index (χ2v) is 7.42. The van der Waals surface area contributed by atoms with Gasteiger partial charge in [-0.2, -0.15) is 0 Å². The van der Waals surface area contributed by atoms with Crippen molar-refractivity contribution in [1.82, 2.24) is 15.2 Å². The van der Waals surface area contributed by atoms with Gasteiger partial charge < -0.3 is 15.8 Å². The topological polar surface area (TPSA) is 80.5 Å². The highest BCUT2D eigenvalue weighted by Gasteiger charge is 2.42. The fourth-order valence-corrected chi connectivity index (χ4v) is 3.93. The molecule has 24 heavy (non-hydrogen) atoms. The lowest BCUT2D eigenvalue weighted by Crippen LogP contribution is -2.48. The summed E-state index contributed by atoms with van der Waals surface area (Å²) in [4.78, 5) is 18.9. The number of hydrogen-bond donors (Lipinski definition) is 2. The van der Waals surface area contributed by atoms with E-state index in [0.717, 1.165) is 37.6 Å². The zero-order valence-electron chi connectivity index (χ0n) is 13.9. The van der Waals surface area contributed by atoms with E-state index in [1.165, 1.54) is 12.8 Å². The average Bonchev–Trinajstić information content (AvgIpc) is 3.36. The number of ether oxygens (including phenoxy) is 1. The molecule has 2 aliphatic heterocycles. The van der Waals surface area contributed by atoms with Gasteiger partial charge in [-0.25, -0.2) is 0 Å². The van der Waals surface area contributed by atoms with E-state index >= 15 is 0 Å². The van der Waals surface area contributed by atoms with E-state index in [1.54, 1.807) is 12.4 Å². The van der Waals surface area contributed by atoms with Gasteiger partial charge in [-0.1, -0.05) is 0 Å². The predicted molar refractivity (Wildman–Crippen MR) is 90.3 cm³/mol. The van der Waals surface area contributed by atoms with E-state index in [-0.39, 0.29) is 11.9 Å². The van der Waals surface area contributed by atoms with Crippen LogP contribution in [0.2, 0.25) is 0 Å². The Hall–Kier alpha value is -1.50. The van der Waals surface area contributed by atoms with Crippen molar-refractivity contribution < 1.29 is 9.53 Å². The summed E-state index contributed by atoms with van der Waals surface area (Å²) in [5, 5.41) is 3.14. The number of nitrogens with one attached hydrogen (secondary N) is 1. The maximum absolute atomic E-state index is 12.4. The van der Waals surface area contributed by atoms with E-state index < -0.39 is 6.04 Å². The van der Waals surface area contributed by atoms with Crippen molar-refractivity contribution in [2.24, 2.45) is 11.7 Å². The van der Waals surface area contributed by atoms with Crippen LogP contribution in [0.1, 0.15) is 24.8 Å². The van der Waals surface area contributed by atoms with Crippen LogP contribution in [0.5, 0.6) is 0 Å². The van der Waals surface area contributed by atoms with Crippen molar-refractivity contribution in [2.45, 2.75) is 49.9 Å². The first-order chi connectivity index (χ1) is 11.7. The first-order valence-corrected chi connectivity index (χ1v) is 8.99. The van der Waals surface area contributed by atoms with Gasteiger partial charge in [-0.15, -0.1) is 0 Å². The molecular weight excluding hydrogens is 304 g/mol. The van der Waals surface area contributed by atoms with Gasteiger partial charge in [0.2, 0.25) is 5.91 Å². The van der Waals surface area contributed by atoms with Crippen LogP contribution < -0.4 is 11.1 Å². The molecule has 0 bridgehead atoms. The van der Waals surface area contributed by atoms with Crippen molar-refractivity contribution in [2.75, 3.05) is 19.7 Å². The number of aromatic nitrogens is 1. The number of morpholine rings is 1. The minimum absolute atomic E-state index is 0.0590. The molecule has 6 nitrogen and oxygen atoms in total. The zero-order chi connectivity index (χ0) is 16.5. The number of amides is 1. The Labute approximate surface area is 142 Å². The van der Waals surface area contributed by atoms with Gasteiger partial charge in [0, 0.05) is 37.6 Å². The molecule has 0 spiro atoms. The molecule has 0 radical (unpaired) electrons. The molecule has 1 amide bonds. The third-order valence-corrected chi connectivity index (χ3v) is 5.48. The first kappa shape index (κ1) is 16.0. The van der Waals surface area contributed by atoms with Gasteiger partial charge in [-0.3, -0.25) is 14.7 Å². The molecule has 3 N–H and O–H groups in total.